The largest absolute Gasteiger partial charge is 0.381 e. The van der Waals surface area contributed by atoms with Crippen LogP contribution in [0.5, 0.6) is 0 Å². The molecule has 2 saturated heterocycles. The molecule has 0 aromatic rings. The summed E-state index contributed by atoms with van der Waals surface area (Å²) in [4.78, 5) is 7.21. The lowest BCUT2D eigenvalue weighted by Gasteiger charge is -2.33. The topological polar surface area (TPSA) is 67.4 Å². The molecule has 0 aliphatic carbocycles. The molecule has 0 amide bonds. The Morgan fingerprint density at radius 1 is 1.21 bits per heavy atom. The summed E-state index contributed by atoms with van der Waals surface area (Å²) in [7, 11) is 0. The van der Waals surface area contributed by atoms with Gasteiger partial charge in [0.25, 0.3) is 0 Å². The standard InChI is InChI=1S/C20H40N4O3.HI/c1-4-21-20(22-8-5-10-26-18-6-11-25-12-7-18)23-14-19-16-24(9-13-27-19)15-17(2)3;/h17-19H,4-16H2,1-3H3,(H2,21,22,23);1H. The predicted octanol–water partition coefficient (Wildman–Crippen LogP) is 2.10. The average molecular weight is 512 g/mol. The fourth-order valence-electron chi connectivity index (χ4n) is 3.48. The first-order chi connectivity index (χ1) is 13.2. The van der Waals surface area contributed by atoms with Crippen LogP contribution in [0.3, 0.4) is 0 Å². The van der Waals surface area contributed by atoms with Gasteiger partial charge in [-0.3, -0.25) is 9.89 Å². The van der Waals surface area contributed by atoms with Crippen molar-refractivity contribution in [2.24, 2.45) is 10.9 Å². The lowest BCUT2D eigenvalue weighted by molar-refractivity contribution is -0.0320. The average Bonchev–Trinajstić information content (AvgIpc) is 2.66. The molecule has 1 unspecified atom stereocenters. The molecule has 0 aromatic heterocycles. The summed E-state index contributed by atoms with van der Waals surface area (Å²) in [6, 6.07) is 0. The van der Waals surface area contributed by atoms with E-state index in [4.69, 9.17) is 19.2 Å². The van der Waals surface area contributed by atoms with Crippen molar-refractivity contribution in [3.63, 3.8) is 0 Å². The van der Waals surface area contributed by atoms with Gasteiger partial charge in [0.1, 0.15) is 0 Å². The molecule has 7 nitrogen and oxygen atoms in total. The molecule has 0 saturated carbocycles. The van der Waals surface area contributed by atoms with Crippen LogP contribution in [0, 0.1) is 5.92 Å². The van der Waals surface area contributed by atoms with E-state index in [0.29, 0.717) is 18.6 Å². The molecule has 2 heterocycles. The molecule has 2 aliphatic heterocycles. The minimum atomic E-state index is 0. The van der Waals surface area contributed by atoms with Crippen LogP contribution in [-0.2, 0) is 14.2 Å². The quantitative estimate of drug-likeness (QED) is 0.202. The van der Waals surface area contributed by atoms with Crippen molar-refractivity contribution in [2.45, 2.75) is 52.2 Å². The number of halogens is 1. The molecular weight excluding hydrogens is 471 g/mol. The zero-order valence-corrected chi connectivity index (χ0v) is 20.3. The highest BCUT2D eigenvalue weighted by Crippen LogP contribution is 2.10. The second-order valence-corrected chi connectivity index (χ2v) is 7.83. The summed E-state index contributed by atoms with van der Waals surface area (Å²) in [5, 5.41) is 6.72. The molecule has 2 aliphatic rings. The lowest BCUT2D eigenvalue weighted by Crippen LogP contribution is -2.46. The number of hydrogen-bond donors (Lipinski definition) is 2. The summed E-state index contributed by atoms with van der Waals surface area (Å²) in [5.74, 6) is 1.56. The van der Waals surface area contributed by atoms with Crippen molar-refractivity contribution >= 4 is 29.9 Å². The molecule has 0 bridgehead atoms. The van der Waals surface area contributed by atoms with Gasteiger partial charge in [-0.2, -0.15) is 0 Å². The minimum absolute atomic E-state index is 0. The highest BCUT2D eigenvalue weighted by molar-refractivity contribution is 14.0. The van der Waals surface area contributed by atoms with Crippen molar-refractivity contribution in [1.82, 2.24) is 15.5 Å². The van der Waals surface area contributed by atoms with Crippen LogP contribution in [-0.4, -0.2) is 88.8 Å². The van der Waals surface area contributed by atoms with Crippen molar-refractivity contribution in [2.75, 3.05) is 65.7 Å². The van der Waals surface area contributed by atoms with Crippen LogP contribution < -0.4 is 10.6 Å². The number of morpholine rings is 1. The third-order valence-electron chi connectivity index (χ3n) is 4.78. The van der Waals surface area contributed by atoms with Crippen LogP contribution in [0.25, 0.3) is 0 Å². The summed E-state index contributed by atoms with van der Waals surface area (Å²) in [6.45, 7) is 15.4. The van der Waals surface area contributed by atoms with Gasteiger partial charge in [-0.15, -0.1) is 24.0 Å². The number of guanidine groups is 1. The third-order valence-corrected chi connectivity index (χ3v) is 4.78. The first-order valence-electron chi connectivity index (χ1n) is 10.7. The maximum Gasteiger partial charge on any atom is 0.191 e. The van der Waals surface area contributed by atoms with E-state index in [1.807, 2.05) is 0 Å². The van der Waals surface area contributed by atoms with Gasteiger partial charge in [0.2, 0.25) is 0 Å². The fourth-order valence-corrected chi connectivity index (χ4v) is 3.48. The summed E-state index contributed by atoms with van der Waals surface area (Å²) in [5.41, 5.74) is 0. The second kappa shape index (κ2) is 15.6. The van der Waals surface area contributed by atoms with Crippen molar-refractivity contribution in [3.05, 3.63) is 0 Å². The Balaban J connectivity index is 0.00000392. The maximum atomic E-state index is 5.92. The normalized spacial score (nSPS) is 22.1. The molecule has 0 aromatic carbocycles. The van der Waals surface area contributed by atoms with E-state index in [2.05, 4.69) is 36.3 Å². The van der Waals surface area contributed by atoms with Gasteiger partial charge in [0, 0.05) is 52.5 Å². The van der Waals surface area contributed by atoms with Gasteiger partial charge in [0.15, 0.2) is 5.96 Å². The van der Waals surface area contributed by atoms with E-state index < -0.39 is 0 Å². The van der Waals surface area contributed by atoms with E-state index >= 15 is 0 Å². The van der Waals surface area contributed by atoms with E-state index in [0.717, 1.165) is 84.4 Å². The second-order valence-electron chi connectivity index (χ2n) is 7.83. The van der Waals surface area contributed by atoms with Crippen molar-refractivity contribution < 1.29 is 14.2 Å². The Kier molecular flexibility index (Phi) is 14.5. The van der Waals surface area contributed by atoms with Crippen LogP contribution in [0.2, 0.25) is 0 Å². The zero-order chi connectivity index (χ0) is 19.3. The van der Waals surface area contributed by atoms with Gasteiger partial charge in [-0.25, -0.2) is 0 Å². The number of ether oxygens (including phenoxy) is 3. The van der Waals surface area contributed by atoms with Gasteiger partial charge in [-0.1, -0.05) is 13.8 Å². The zero-order valence-electron chi connectivity index (χ0n) is 18.0. The Bertz CT molecular complexity index is 420. The van der Waals surface area contributed by atoms with Crippen LogP contribution in [0.15, 0.2) is 4.99 Å². The molecule has 0 radical (unpaired) electrons. The number of nitrogens with zero attached hydrogens (tertiary/aromatic N) is 2. The van der Waals surface area contributed by atoms with Crippen LogP contribution >= 0.6 is 24.0 Å². The molecule has 8 heteroatoms. The fraction of sp³-hybridized carbons (Fsp3) is 0.950. The van der Waals surface area contributed by atoms with Gasteiger partial charge in [0.05, 0.1) is 25.4 Å². The highest BCUT2D eigenvalue weighted by Gasteiger charge is 2.20. The molecule has 1 atom stereocenters. The van der Waals surface area contributed by atoms with Crippen LogP contribution in [0.1, 0.15) is 40.0 Å². The van der Waals surface area contributed by atoms with E-state index in [1.165, 1.54) is 0 Å². The maximum absolute atomic E-state index is 5.92. The number of nitrogens with one attached hydrogen (secondary N) is 2. The predicted molar refractivity (Wildman–Crippen MR) is 125 cm³/mol. The minimum Gasteiger partial charge on any atom is -0.381 e. The lowest BCUT2D eigenvalue weighted by atomic mass is 10.1. The first kappa shape index (κ1) is 25.9. The first-order valence-corrected chi connectivity index (χ1v) is 10.7. The monoisotopic (exact) mass is 512 g/mol. The summed E-state index contributed by atoms with van der Waals surface area (Å²) in [6.07, 6.45) is 3.58. The van der Waals surface area contributed by atoms with Gasteiger partial charge < -0.3 is 24.8 Å². The molecule has 166 valence electrons. The van der Waals surface area contributed by atoms with Crippen molar-refractivity contribution in [3.8, 4) is 0 Å². The third kappa shape index (κ3) is 11.1. The van der Waals surface area contributed by atoms with E-state index in [9.17, 15) is 0 Å². The molecule has 2 rings (SSSR count). The Labute approximate surface area is 188 Å². The Morgan fingerprint density at radius 2 is 2.00 bits per heavy atom. The highest BCUT2D eigenvalue weighted by atomic mass is 127. The number of rotatable bonds is 10. The van der Waals surface area contributed by atoms with E-state index in [1.54, 1.807) is 0 Å². The van der Waals surface area contributed by atoms with Crippen molar-refractivity contribution in [1.29, 1.82) is 0 Å². The Hall–Kier alpha value is -0.160. The number of aliphatic imine (C=N–C) groups is 1. The SMILES string of the molecule is CCNC(=NCC1CN(CC(C)C)CCO1)NCCCOC1CCOCC1.I. The molecule has 2 fully saturated rings. The molecule has 28 heavy (non-hydrogen) atoms. The molecule has 2 N–H and O–H groups in total. The smallest absolute Gasteiger partial charge is 0.191 e. The summed E-state index contributed by atoms with van der Waals surface area (Å²) >= 11 is 0. The van der Waals surface area contributed by atoms with Gasteiger partial charge >= 0.3 is 0 Å². The van der Waals surface area contributed by atoms with E-state index in [-0.39, 0.29) is 30.1 Å². The van der Waals surface area contributed by atoms with Gasteiger partial charge in [-0.05, 0) is 32.1 Å². The molecular formula is C20H41IN4O3. The Morgan fingerprint density at radius 3 is 2.71 bits per heavy atom. The summed E-state index contributed by atoms with van der Waals surface area (Å²) < 4.78 is 17.2. The van der Waals surface area contributed by atoms with Crippen LogP contribution in [0.4, 0.5) is 0 Å². The number of hydrogen-bond acceptors (Lipinski definition) is 5. The molecule has 0 spiro atoms.